The zero-order valence-corrected chi connectivity index (χ0v) is 19.1. The van der Waals surface area contributed by atoms with Crippen molar-refractivity contribution in [3.63, 3.8) is 0 Å². The van der Waals surface area contributed by atoms with E-state index in [-0.39, 0.29) is 24.0 Å². The minimum Gasteiger partial charge on any atom is -0.380 e. The molecular weight excluding hydrogens is 453 g/mol. The topological polar surface area (TPSA) is 63.5 Å². The molecule has 0 atom stereocenters. The Morgan fingerprint density at radius 3 is 2.56 bits per heavy atom. The van der Waals surface area contributed by atoms with Gasteiger partial charge in [0.15, 0.2) is 5.96 Å². The largest absolute Gasteiger partial charge is 0.380 e. The zero-order chi connectivity index (χ0) is 18.8. The molecule has 0 unspecified atom stereocenters. The van der Waals surface area contributed by atoms with Crippen LogP contribution in [0.5, 0.6) is 0 Å². The molecule has 0 fully saturated rings. The summed E-state index contributed by atoms with van der Waals surface area (Å²) in [7, 11) is 0. The van der Waals surface area contributed by atoms with E-state index in [9.17, 15) is 0 Å². The average molecular weight is 485 g/mol. The first-order valence-corrected chi connectivity index (χ1v) is 9.32. The molecule has 0 saturated heterocycles. The second-order valence-electron chi connectivity index (χ2n) is 6.11. The highest BCUT2D eigenvalue weighted by atomic mass is 127. The third kappa shape index (κ3) is 7.50. The number of hydrogen-bond acceptors (Lipinski definition) is 3. The Morgan fingerprint density at radius 1 is 1.15 bits per heavy atom. The van der Waals surface area contributed by atoms with Crippen LogP contribution in [0.2, 0.25) is 0 Å². The Hall–Kier alpha value is -1.61. The van der Waals surface area contributed by atoms with Gasteiger partial charge in [0.2, 0.25) is 0 Å². The van der Waals surface area contributed by atoms with Crippen LogP contribution in [0.3, 0.4) is 0 Å². The Morgan fingerprint density at radius 2 is 1.89 bits per heavy atom. The third-order valence-electron chi connectivity index (χ3n) is 4.19. The molecule has 150 valence electrons. The maximum atomic E-state index is 5.36. The molecule has 1 heterocycles. The van der Waals surface area contributed by atoms with Gasteiger partial charge in [-0.05, 0) is 33.3 Å². The number of halogens is 1. The molecule has 0 amide bonds. The number of ether oxygens (including phenoxy) is 1. The summed E-state index contributed by atoms with van der Waals surface area (Å²) >= 11 is 0. The lowest BCUT2D eigenvalue weighted by molar-refractivity contribution is 0.152. The van der Waals surface area contributed by atoms with Crippen molar-refractivity contribution in [1.82, 2.24) is 20.4 Å². The van der Waals surface area contributed by atoms with Gasteiger partial charge in [-0.3, -0.25) is 4.68 Å². The van der Waals surface area contributed by atoms with E-state index >= 15 is 0 Å². The number of nitrogens with zero attached hydrogens (tertiary/aromatic N) is 3. The number of rotatable bonds is 9. The molecule has 0 aliphatic rings. The zero-order valence-electron chi connectivity index (χ0n) is 16.8. The number of hydrogen-bond donors (Lipinski definition) is 2. The Balaban J connectivity index is 0.00000364. The lowest BCUT2D eigenvalue weighted by atomic mass is 10.2. The van der Waals surface area contributed by atoms with Gasteiger partial charge in [-0.25, -0.2) is 4.99 Å². The van der Waals surface area contributed by atoms with Crippen LogP contribution in [0.15, 0.2) is 35.3 Å². The number of aromatic nitrogens is 2. The summed E-state index contributed by atoms with van der Waals surface area (Å²) in [6, 6.07) is 10.4. The number of nitrogens with one attached hydrogen (secondary N) is 2. The quantitative estimate of drug-likeness (QED) is 0.248. The highest BCUT2D eigenvalue weighted by Gasteiger charge is 2.11. The van der Waals surface area contributed by atoms with E-state index in [0.717, 1.165) is 37.9 Å². The monoisotopic (exact) mass is 485 g/mol. The van der Waals surface area contributed by atoms with Crippen molar-refractivity contribution >= 4 is 29.9 Å². The standard InChI is InChI=1S/C20H31N5O.HI/c1-5-21-20(22-12-13-26-6-2)23-14-19-16(3)24-25(17(19)4)15-18-10-8-7-9-11-18;/h7-11H,5-6,12-15H2,1-4H3,(H2,21,22,23);1H. The van der Waals surface area contributed by atoms with Crippen LogP contribution in [0.4, 0.5) is 0 Å². The van der Waals surface area contributed by atoms with Gasteiger partial charge in [-0.15, -0.1) is 24.0 Å². The fourth-order valence-electron chi connectivity index (χ4n) is 2.76. The lowest BCUT2D eigenvalue weighted by Crippen LogP contribution is -2.39. The van der Waals surface area contributed by atoms with Crippen molar-refractivity contribution in [2.75, 3.05) is 26.3 Å². The van der Waals surface area contributed by atoms with Gasteiger partial charge in [0.1, 0.15) is 0 Å². The van der Waals surface area contributed by atoms with E-state index in [1.807, 2.05) is 13.0 Å². The van der Waals surface area contributed by atoms with Gasteiger partial charge >= 0.3 is 0 Å². The van der Waals surface area contributed by atoms with Crippen LogP contribution in [0.1, 0.15) is 36.4 Å². The van der Waals surface area contributed by atoms with Crippen LogP contribution in [-0.2, 0) is 17.8 Å². The molecule has 27 heavy (non-hydrogen) atoms. The van der Waals surface area contributed by atoms with Gasteiger partial charge in [-0.1, -0.05) is 30.3 Å². The van der Waals surface area contributed by atoms with E-state index < -0.39 is 0 Å². The maximum Gasteiger partial charge on any atom is 0.191 e. The maximum absolute atomic E-state index is 5.36. The van der Waals surface area contributed by atoms with E-state index in [1.54, 1.807) is 0 Å². The van der Waals surface area contributed by atoms with Crippen molar-refractivity contribution < 1.29 is 4.74 Å². The molecule has 6 nitrogen and oxygen atoms in total. The minimum atomic E-state index is 0. The van der Waals surface area contributed by atoms with Gasteiger partial charge in [0.05, 0.1) is 25.4 Å². The number of benzene rings is 1. The fourth-order valence-corrected chi connectivity index (χ4v) is 2.76. The Kier molecular flexibility index (Phi) is 11.0. The summed E-state index contributed by atoms with van der Waals surface area (Å²) in [5.74, 6) is 0.807. The summed E-state index contributed by atoms with van der Waals surface area (Å²) in [6.45, 7) is 12.6. The summed E-state index contributed by atoms with van der Waals surface area (Å²) in [5.41, 5.74) is 4.63. The minimum absolute atomic E-state index is 0. The molecular formula is C20H32IN5O. The van der Waals surface area contributed by atoms with Crippen molar-refractivity contribution in [2.45, 2.75) is 40.8 Å². The normalized spacial score (nSPS) is 11.2. The summed E-state index contributed by atoms with van der Waals surface area (Å²) in [6.07, 6.45) is 0. The summed E-state index contributed by atoms with van der Waals surface area (Å²) in [5, 5.41) is 11.3. The molecule has 2 aromatic rings. The Bertz CT molecular complexity index is 700. The molecule has 0 bridgehead atoms. The van der Waals surface area contributed by atoms with Crippen LogP contribution in [0, 0.1) is 13.8 Å². The van der Waals surface area contributed by atoms with Gasteiger partial charge in [-0.2, -0.15) is 5.10 Å². The lowest BCUT2D eigenvalue weighted by Gasteiger charge is -2.11. The molecule has 0 saturated carbocycles. The first-order chi connectivity index (χ1) is 12.7. The Labute approximate surface area is 179 Å². The van der Waals surface area contributed by atoms with Crippen LogP contribution < -0.4 is 10.6 Å². The molecule has 0 aliphatic heterocycles. The molecule has 0 radical (unpaired) electrons. The van der Waals surface area contributed by atoms with E-state index in [1.165, 1.54) is 16.8 Å². The van der Waals surface area contributed by atoms with Gasteiger partial charge in [0, 0.05) is 31.0 Å². The predicted molar refractivity (Wildman–Crippen MR) is 122 cm³/mol. The second kappa shape index (κ2) is 12.7. The van der Waals surface area contributed by atoms with Crippen LogP contribution >= 0.6 is 24.0 Å². The summed E-state index contributed by atoms with van der Waals surface area (Å²) in [4.78, 5) is 4.71. The van der Waals surface area contributed by atoms with E-state index in [2.05, 4.69) is 60.4 Å². The van der Waals surface area contributed by atoms with Crippen molar-refractivity contribution in [2.24, 2.45) is 4.99 Å². The van der Waals surface area contributed by atoms with Crippen LogP contribution in [0.25, 0.3) is 0 Å². The molecule has 0 aliphatic carbocycles. The molecule has 2 N–H and O–H groups in total. The molecule has 1 aromatic carbocycles. The number of guanidine groups is 1. The molecule has 7 heteroatoms. The fraction of sp³-hybridized carbons (Fsp3) is 0.500. The number of aryl methyl sites for hydroxylation is 1. The average Bonchev–Trinajstić information content (AvgIpc) is 2.90. The highest BCUT2D eigenvalue weighted by Crippen LogP contribution is 2.15. The molecule has 1 aromatic heterocycles. The van der Waals surface area contributed by atoms with E-state index in [0.29, 0.717) is 13.2 Å². The molecule has 0 spiro atoms. The van der Waals surface area contributed by atoms with Crippen molar-refractivity contribution in [1.29, 1.82) is 0 Å². The smallest absolute Gasteiger partial charge is 0.191 e. The highest BCUT2D eigenvalue weighted by molar-refractivity contribution is 14.0. The van der Waals surface area contributed by atoms with Crippen molar-refractivity contribution in [3.8, 4) is 0 Å². The SMILES string of the molecule is CCNC(=NCc1c(C)nn(Cc2ccccc2)c1C)NCCOCC.I. The van der Waals surface area contributed by atoms with Crippen LogP contribution in [-0.4, -0.2) is 42.0 Å². The van der Waals surface area contributed by atoms with Gasteiger partial charge in [0.25, 0.3) is 0 Å². The van der Waals surface area contributed by atoms with Gasteiger partial charge < -0.3 is 15.4 Å². The second-order valence-corrected chi connectivity index (χ2v) is 6.11. The first-order valence-electron chi connectivity index (χ1n) is 9.32. The predicted octanol–water partition coefficient (Wildman–Crippen LogP) is 3.26. The van der Waals surface area contributed by atoms with E-state index in [4.69, 9.17) is 14.8 Å². The third-order valence-corrected chi connectivity index (χ3v) is 4.19. The molecule has 2 rings (SSSR count). The van der Waals surface area contributed by atoms with Crippen molar-refractivity contribution in [3.05, 3.63) is 52.8 Å². The number of aliphatic imine (C=N–C) groups is 1. The summed E-state index contributed by atoms with van der Waals surface area (Å²) < 4.78 is 7.42. The first kappa shape index (κ1) is 23.4.